The molecule has 2 heteroatoms. The Morgan fingerprint density at radius 2 is 1.54 bits per heavy atom. The van der Waals surface area contributed by atoms with Crippen LogP contribution in [0.25, 0.3) is 6.08 Å². The Labute approximate surface area is 171 Å². The van der Waals surface area contributed by atoms with E-state index in [0.29, 0.717) is 17.5 Å². The molecule has 0 amide bonds. The van der Waals surface area contributed by atoms with E-state index < -0.39 is 0 Å². The van der Waals surface area contributed by atoms with Crippen LogP contribution in [0.3, 0.4) is 0 Å². The minimum absolute atomic E-state index is 0.278. The molecule has 1 aromatic rings. The topological polar surface area (TPSA) is 23.9 Å². The number of halogens is 1. The lowest BCUT2D eigenvalue weighted by Crippen LogP contribution is -2.17. The fourth-order valence-electron chi connectivity index (χ4n) is 3.75. The van der Waals surface area contributed by atoms with Crippen LogP contribution < -0.4 is 0 Å². The number of nitrogens with one attached hydrogen (secondary N) is 1. The van der Waals surface area contributed by atoms with Crippen molar-refractivity contribution in [1.29, 1.82) is 5.41 Å². The Hall–Kier alpha value is -2.22. The normalized spacial score (nSPS) is 12.6. The summed E-state index contributed by atoms with van der Waals surface area (Å²) in [6.07, 6.45) is 5.26. The van der Waals surface area contributed by atoms with Crippen molar-refractivity contribution in [2.45, 2.75) is 75.2 Å². The smallest absolute Gasteiger partial charge is 0.136 e. The molecule has 0 saturated heterocycles. The van der Waals surface area contributed by atoms with Crippen LogP contribution in [0.15, 0.2) is 40.5 Å². The van der Waals surface area contributed by atoms with Crippen molar-refractivity contribution in [3.63, 3.8) is 0 Å². The molecule has 0 heterocycles. The lowest BCUT2D eigenvalue weighted by atomic mass is 9.82. The van der Waals surface area contributed by atoms with Gasteiger partial charge in [-0.05, 0) is 94.7 Å². The Balaban J connectivity index is 4.07. The predicted octanol–water partition coefficient (Wildman–Crippen LogP) is 7.91. The van der Waals surface area contributed by atoms with E-state index in [1.165, 1.54) is 0 Å². The highest BCUT2D eigenvalue weighted by Crippen LogP contribution is 2.34. The number of benzene rings is 1. The van der Waals surface area contributed by atoms with Gasteiger partial charge in [-0.3, -0.25) is 5.41 Å². The molecule has 1 aromatic carbocycles. The standard InChI is InChI=1S/C26H36FN/c1-11-16(7)18(9)23(17(8)15(5)6)26(28)24-22(14-4)21(13-3)20(12-2)19(10)25(24)27/h11-12,28H,2,13-14H2,1,3-10H3/b16-11-,23-18-,28-26?. The van der Waals surface area contributed by atoms with Gasteiger partial charge in [-0.1, -0.05) is 43.7 Å². The second kappa shape index (κ2) is 9.82. The molecule has 1 N–H and O–H groups in total. The largest absolute Gasteiger partial charge is 0.300 e. The summed E-state index contributed by atoms with van der Waals surface area (Å²) in [5.41, 5.74) is 9.34. The Morgan fingerprint density at radius 1 is 1.00 bits per heavy atom. The SMILES string of the molecule is C=Cc1c(C)c(F)c(C(=N)/C(C(C)=C(C)C)=C(C)\C(C)=C/C)c(CC)c1CC. The zero-order valence-electron chi connectivity index (χ0n) is 19.2. The molecule has 0 unspecified atom stereocenters. The molecule has 0 radical (unpaired) electrons. The molecular formula is C26H36FN. The minimum Gasteiger partial charge on any atom is -0.300 e. The van der Waals surface area contributed by atoms with E-state index in [2.05, 4.69) is 13.5 Å². The summed E-state index contributed by atoms with van der Waals surface area (Å²) >= 11 is 0. The molecular weight excluding hydrogens is 345 g/mol. The molecule has 0 bridgehead atoms. The van der Waals surface area contributed by atoms with Crippen molar-refractivity contribution < 1.29 is 4.39 Å². The van der Waals surface area contributed by atoms with Crippen molar-refractivity contribution in [1.82, 2.24) is 0 Å². The van der Waals surface area contributed by atoms with Gasteiger partial charge in [-0.15, -0.1) is 0 Å². The predicted molar refractivity (Wildman–Crippen MR) is 123 cm³/mol. The summed E-state index contributed by atoms with van der Waals surface area (Å²) in [6, 6.07) is 0. The van der Waals surface area contributed by atoms with Gasteiger partial charge in [0.2, 0.25) is 0 Å². The summed E-state index contributed by atoms with van der Waals surface area (Å²) < 4.78 is 15.6. The zero-order chi connectivity index (χ0) is 21.8. The summed E-state index contributed by atoms with van der Waals surface area (Å²) in [5.74, 6) is -0.293. The second-order valence-electron chi connectivity index (χ2n) is 7.57. The van der Waals surface area contributed by atoms with Crippen LogP contribution in [0.1, 0.15) is 83.2 Å². The molecule has 0 atom stereocenters. The summed E-state index contributed by atoms with van der Waals surface area (Å²) in [5, 5.41) is 9.11. The number of hydrogen-bond acceptors (Lipinski definition) is 1. The molecule has 0 aliphatic heterocycles. The highest BCUT2D eigenvalue weighted by atomic mass is 19.1. The molecule has 0 aliphatic rings. The fourth-order valence-corrected chi connectivity index (χ4v) is 3.75. The Kier molecular flexibility index (Phi) is 8.35. The summed E-state index contributed by atoms with van der Waals surface area (Å²) in [7, 11) is 0. The summed E-state index contributed by atoms with van der Waals surface area (Å²) in [4.78, 5) is 0. The molecule has 0 saturated carbocycles. The number of hydrogen-bond donors (Lipinski definition) is 1. The molecule has 0 aromatic heterocycles. The van der Waals surface area contributed by atoms with Crippen LogP contribution in [0, 0.1) is 18.2 Å². The second-order valence-corrected chi connectivity index (χ2v) is 7.57. The first-order chi connectivity index (χ1) is 13.1. The first-order valence-electron chi connectivity index (χ1n) is 10.1. The monoisotopic (exact) mass is 381 g/mol. The van der Waals surface area contributed by atoms with E-state index in [-0.39, 0.29) is 11.5 Å². The molecule has 28 heavy (non-hydrogen) atoms. The van der Waals surface area contributed by atoms with E-state index >= 15 is 4.39 Å². The van der Waals surface area contributed by atoms with Crippen LogP contribution in [0.2, 0.25) is 0 Å². The van der Waals surface area contributed by atoms with E-state index in [0.717, 1.165) is 51.0 Å². The first kappa shape index (κ1) is 23.8. The third-order valence-electron chi connectivity index (χ3n) is 5.88. The minimum atomic E-state index is -0.293. The van der Waals surface area contributed by atoms with Crippen LogP contribution in [0.5, 0.6) is 0 Å². The van der Waals surface area contributed by atoms with Crippen molar-refractivity contribution in [2.24, 2.45) is 0 Å². The number of allylic oxidation sites excluding steroid dienone is 6. The summed E-state index contributed by atoms with van der Waals surface area (Å²) in [6.45, 7) is 22.0. The van der Waals surface area contributed by atoms with Gasteiger partial charge in [0.1, 0.15) is 5.82 Å². The quantitative estimate of drug-likeness (QED) is 0.366. The van der Waals surface area contributed by atoms with Crippen LogP contribution in [-0.2, 0) is 12.8 Å². The van der Waals surface area contributed by atoms with Gasteiger partial charge < -0.3 is 0 Å². The number of rotatable bonds is 7. The maximum Gasteiger partial charge on any atom is 0.136 e. The average molecular weight is 382 g/mol. The first-order valence-corrected chi connectivity index (χ1v) is 10.1. The average Bonchev–Trinajstić information content (AvgIpc) is 2.67. The van der Waals surface area contributed by atoms with Gasteiger partial charge in [0.05, 0.1) is 5.71 Å². The lowest BCUT2D eigenvalue weighted by molar-refractivity contribution is 0.611. The Bertz CT molecular complexity index is 888. The highest BCUT2D eigenvalue weighted by molar-refractivity contribution is 6.15. The van der Waals surface area contributed by atoms with E-state index in [9.17, 15) is 0 Å². The van der Waals surface area contributed by atoms with Gasteiger partial charge in [-0.2, -0.15) is 0 Å². The molecule has 1 rings (SSSR count). The van der Waals surface area contributed by atoms with Crippen LogP contribution in [0.4, 0.5) is 4.39 Å². The van der Waals surface area contributed by atoms with Crippen molar-refractivity contribution in [3.8, 4) is 0 Å². The van der Waals surface area contributed by atoms with E-state index in [1.54, 1.807) is 13.0 Å². The van der Waals surface area contributed by atoms with Gasteiger partial charge in [0, 0.05) is 11.1 Å². The van der Waals surface area contributed by atoms with Gasteiger partial charge >= 0.3 is 0 Å². The van der Waals surface area contributed by atoms with E-state index in [4.69, 9.17) is 5.41 Å². The highest BCUT2D eigenvalue weighted by Gasteiger charge is 2.25. The maximum absolute atomic E-state index is 15.6. The van der Waals surface area contributed by atoms with Crippen molar-refractivity contribution in [3.05, 3.63) is 74.2 Å². The molecule has 1 nitrogen and oxygen atoms in total. The molecule has 0 aliphatic carbocycles. The van der Waals surface area contributed by atoms with Gasteiger partial charge in [-0.25, -0.2) is 4.39 Å². The zero-order valence-corrected chi connectivity index (χ0v) is 19.2. The third-order valence-corrected chi connectivity index (χ3v) is 5.88. The lowest BCUT2D eigenvalue weighted by Gasteiger charge is -2.23. The molecule has 0 fully saturated rings. The molecule has 0 spiro atoms. The fraction of sp³-hybridized carbons (Fsp3) is 0.423. The Morgan fingerprint density at radius 3 is 1.93 bits per heavy atom. The van der Waals surface area contributed by atoms with Crippen LogP contribution in [-0.4, -0.2) is 5.71 Å². The third kappa shape index (κ3) is 4.27. The van der Waals surface area contributed by atoms with E-state index in [1.807, 2.05) is 54.5 Å². The molecule has 152 valence electrons. The van der Waals surface area contributed by atoms with Crippen molar-refractivity contribution in [2.75, 3.05) is 0 Å². The van der Waals surface area contributed by atoms with Crippen molar-refractivity contribution >= 4 is 11.8 Å². The van der Waals surface area contributed by atoms with Gasteiger partial charge in [0.25, 0.3) is 0 Å². The van der Waals surface area contributed by atoms with Crippen LogP contribution >= 0.6 is 0 Å². The maximum atomic E-state index is 15.6. The van der Waals surface area contributed by atoms with Gasteiger partial charge in [0.15, 0.2) is 0 Å².